The highest BCUT2D eigenvalue weighted by atomic mass is 79.9. The Hall–Kier alpha value is -2.58. The van der Waals surface area contributed by atoms with Crippen LogP contribution >= 0.6 is 15.9 Å². The molecule has 204 valence electrons. The summed E-state index contributed by atoms with van der Waals surface area (Å²) in [5.41, 5.74) is 1.47. The van der Waals surface area contributed by atoms with Crippen molar-refractivity contribution in [1.29, 1.82) is 0 Å². The number of hydrogen-bond donors (Lipinski definition) is 1. The summed E-state index contributed by atoms with van der Waals surface area (Å²) < 4.78 is 24.4. The Kier molecular flexibility index (Phi) is 7.24. The molecule has 2 aliphatic carbocycles. The maximum absolute atomic E-state index is 13.6. The number of methoxy groups -OCH3 is 1. The highest BCUT2D eigenvalue weighted by Crippen LogP contribution is 2.57. The van der Waals surface area contributed by atoms with Crippen molar-refractivity contribution >= 4 is 27.9 Å². The van der Waals surface area contributed by atoms with Gasteiger partial charge in [0.05, 0.1) is 23.1 Å². The fourth-order valence-electron chi connectivity index (χ4n) is 6.43. The van der Waals surface area contributed by atoms with Gasteiger partial charge in [-0.1, -0.05) is 20.3 Å². The van der Waals surface area contributed by atoms with Crippen molar-refractivity contribution in [2.75, 3.05) is 7.11 Å². The molecule has 38 heavy (non-hydrogen) atoms. The van der Waals surface area contributed by atoms with Gasteiger partial charge in [-0.15, -0.1) is 0 Å². The molecule has 2 saturated carbocycles. The van der Waals surface area contributed by atoms with Crippen molar-refractivity contribution in [2.24, 2.45) is 23.2 Å². The van der Waals surface area contributed by atoms with E-state index < -0.39 is 17.5 Å². The van der Waals surface area contributed by atoms with Crippen LogP contribution in [-0.2, 0) is 16.1 Å². The molecule has 8 heteroatoms. The van der Waals surface area contributed by atoms with Crippen LogP contribution in [0, 0.1) is 30.1 Å². The van der Waals surface area contributed by atoms with Crippen molar-refractivity contribution in [1.82, 2.24) is 0 Å². The van der Waals surface area contributed by atoms with E-state index in [4.69, 9.17) is 18.9 Å². The summed E-state index contributed by atoms with van der Waals surface area (Å²) in [4.78, 5) is 26.8. The van der Waals surface area contributed by atoms with Crippen LogP contribution in [0.4, 0.5) is 0 Å². The first kappa shape index (κ1) is 27.0. The summed E-state index contributed by atoms with van der Waals surface area (Å²) in [5.74, 6) is 1.27. The molecule has 1 N–H and O–H groups in total. The van der Waals surface area contributed by atoms with Crippen LogP contribution in [0.3, 0.4) is 0 Å². The average molecular weight is 588 g/mol. The Labute approximate surface area is 231 Å². The number of halogens is 1. The Morgan fingerprint density at radius 2 is 2.03 bits per heavy atom. The quantitative estimate of drug-likeness (QED) is 0.286. The van der Waals surface area contributed by atoms with Crippen LogP contribution in [0.15, 0.2) is 22.7 Å². The first-order valence-corrected chi connectivity index (χ1v) is 14.1. The lowest BCUT2D eigenvalue weighted by molar-refractivity contribution is -0.148. The van der Waals surface area contributed by atoms with Crippen LogP contribution < -0.4 is 14.2 Å². The smallest absolute Gasteiger partial charge is 0.346 e. The molecule has 3 aliphatic rings. The molecule has 2 fully saturated rings. The van der Waals surface area contributed by atoms with Crippen molar-refractivity contribution in [3.8, 4) is 23.0 Å². The van der Waals surface area contributed by atoms with Gasteiger partial charge in [-0.3, -0.25) is 4.79 Å². The molecule has 0 amide bonds. The van der Waals surface area contributed by atoms with E-state index in [-0.39, 0.29) is 41.3 Å². The second kappa shape index (κ2) is 10.2. The highest BCUT2D eigenvalue weighted by Gasteiger charge is 2.53. The fourth-order valence-corrected chi connectivity index (χ4v) is 6.81. The Morgan fingerprint density at radius 3 is 2.66 bits per heavy atom. The van der Waals surface area contributed by atoms with Crippen LogP contribution in [0.2, 0.25) is 0 Å². The average Bonchev–Trinajstić information content (AvgIpc) is 3.46. The monoisotopic (exact) mass is 586 g/mol. The lowest BCUT2D eigenvalue weighted by Gasteiger charge is -2.32. The Balaban J connectivity index is 1.57. The number of rotatable bonds is 6. The molecule has 1 heterocycles. The molecule has 2 aromatic rings. The van der Waals surface area contributed by atoms with Crippen LogP contribution in [0.25, 0.3) is 0 Å². The van der Waals surface area contributed by atoms with Crippen molar-refractivity contribution < 1.29 is 33.6 Å². The summed E-state index contributed by atoms with van der Waals surface area (Å²) in [6, 6.07) is 5.18. The number of carbonyl (C=O) groups excluding carboxylic acids is 2. The predicted molar refractivity (Wildman–Crippen MR) is 145 cm³/mol. The van der Waals surface area contributed by atoms with Gasteiger partial charge in [0, 0.05) is 11.1 Å². The molecule has 0 saturated heterocycles. The number of aliphatic hydroxyl groups excluding tert-OH is 1. The van der Waals surface area contributed by atoms with Crippen LogP contribution in [0.5, 0.6) is 23.0 Å². The molecule has 2 aromatic carbocycles. The molecule has 5 rings (SSSR count). The van der Waals surface area contributed by atoms with Crippen molar-refractivity contribution in [3.05, 3.63) is 44.9 Å². The van der Waals surface area contributed by atoms with E-state index in [2.05, 4.69) is 15.9 Å². The summed E-state index contributed by atoms with van der Waals surface area (Å²) in [6.07, 6.45) is 3.81. The van der Waals surface area contributed by atoms with E-state index in [0.717, 1.165) is 24.8 Å². The molecule has 7 nitrogen and oxygen atoms in total. The zero-order valence-corrected chi connectivity index (χ0v) is 24.1. The topological polar surface area (TPSA) is 91.3 Å². The van der Waals surface area contributed by atoms with E-state index in [0.29, 0.717) is 39.6 Å². The van der Waals surface area contributed by atoms with Gasteiger partial charge < -0.3 is 24.1 Å². The summed E-state index contributed by atoms with van der Waals surface area (Å²) in [5, 5.41) is 10.8. The number of fused-ring (bicyclic) bond motifs is 4. The number of hydrogen-bond acceptors (Lipinski definition) is 7. The third kappa shape index (κ3) is 4.60. The second-order valence-corrected chi connectivity index (χ2v) is 12.4. The minimum absolute atomic E-state index is 0.0732. The summed E-state index contributed by atoms with van der Waals surface area (Å²) >= 11 is 3.61. The third-order valence-electron chi connectivity index (χ3n) is 8.43. The molecule has 0 radical (unpaired) electrons. The number of ether oxygens (including phenoxy) is 4. The number of esters is 2. The van der Waals surface area contributed by atoms with E-state index in [1.807, 2.05) is 33.8 Å². The molecule has 0 spiro atoms. The molecular weight excluding hydrogens is 552 g/mol. The Bertz CT molecular complexity index is 1290. The highest BCUT2D eigenvalue weighted by molar-refractivity contribution is 9.10. The summed E-state index contributed by atoms with van der Waals surface area (Å²) in [6.45, 7) is 7.85. The van der Waals surface area contributed by atoms with E-state index in [9.17, 15) is 14.7 Å². The molecular formula is C30H35BrO7. The van der Waals surface area contributed by atoms with E-state index in [1.165, 1.54) is 13.5 Å². The number of cyclic esters (lactones) is 1. The minimum Gasteiger partial charge on any atom is -0.495 e. The van der Waals surface area contributed by atoms with Gasteiger partial charge in [0.1, 0.15) is 23.7 Å². The maximum Gasteiger partial charge on any atom is 0.346 e. The standard InChI is InChI=1S/C30H35BrO7/c1-15(2)10-21(32)20-8-9-22-23(26(20)35-5)28(33)36-14-18-11-16(3)24(31)27(25(18)37-22)38-29(34)30(4)13-17-6-7-19(30)12-17/h8-9,11,15,17,19,21,32H,6-7,10,12-14H2,1-5H3/t17?,19?,21-,30?/m0/s1. The van der Waals surface area contributed by atoms with E-state index in [1.54, 1.807) is 12.1 Å². The largest absolute Gasteiger partial charge is 0.495 e. The van der Waals surface area contributed by atoms with Crippen LogP contribution in [0.1, 0.15) is 86.0 Å². The van der Waals surface area contributed by atoms with Crippen LogP contribution in [-0.4, -0.2) is 24.2 Å². The lowest BCUT2D eigenvalue weighted by atomic mass is 9.75. The van der Waals surface area contributed by atoms with Gasteiger partial charge in [-0.05, 0) is 97.0 Å². The molecule has 0 aromatic heterocycles. The van der Waals surface area contributed by atoms with E-state index >= 15 is 0 Å². The van der Waals surface area contributed by atoms with Crippen molar-refractivity contribution in [2.45, 2.75) is 72.5 Å². The van der Waals surface area contributed by atoms with Gasteiger partial charge in [-0.25, -0.2) is 4.79 Å². The minimum atomic E-state index is -0.823. The first-order valence-electron chi connectivity index (χ1n) is 13.3. The number of aryl methyl sites for hydroxylation is 1. The zero-order valence-electron chi connectivity index (χ0n) is 22.6. The van der Waals surface area contributed by atoms with Crippen molar-refractivity contribution in [3.63, 3.8) is 0 Å². The SMILES string of the molecule is COc1c([C@@H](O)CC(C)C)ccc2c1C(=O)OCc1cc(C)c(Br)c(OC(=O)C3(C)CC4CCC3C4)c1O2. The first-order chi connectivity index (χ1) is 18.0. The Morgan fingerprint density at radius 1 is 1.26 bits per heavy atom. The number of carbonyl (C=O) groups is 2. The lowest BCUT2D eigenvalue weighted by Crippen LogP contribution is -2.37. The van der Waals surface area contributed by atoms with Gasteiger partial charge in [0.25, 0.3) is 0 Å². The van der Waals surface area contributed by atoms with Gasteiger partial charge in [-0.2, -0.15) is 0 Å². The summed E-state index contributed by atoms with van der Waals surface area (Å²) in [7, 11) is 1.45. The van der Waals surface area contributed by atoms with Gasteiger partial charge in [0.15, 0.2) is 11.5 Å². The number of aliphatic hydroxyl groups is 1. The molecule has 1 aliphatic heterocycles. The number of benzene rings is 2. The molecule has 4 atom stereocenters. The normalized spacial score (nSPS) is 24.6. The predicted octanol–water partition coefficient (Wildman–Crippen LogP) is 7.04. The molecule has 2 bridgehead atoms. The molecule has 3 unspecified atom stereocenters. The zero-order chi connectivity index (χ0) is 27.4. The second-order valence-electron chi connectivity index (χ2n) is 11.6. The fraction of sp³-hybridized carbons (Fsp3) is 0.533. The van der Waals surface area contributed by atoms with Gasteiger partial charge in [0.2, 0.25) is 0 Å². The maximum atomic E-state index is 13.6. The third-order valence-corrected chi connectivity index (χ3v) is 9.42. The van der Waals surface area contributed by atoms with Gasteiger partial charge >= 0.3 is 11.9 Å².